The highest BCUT2D eigenvalue weighted by molar-refractivity contribution is 9.09. The van der Waals surface area contributed by atoms with Crippen LogP contribution < -0.4 is 0 Å². The third-order valence-corrected chi connectivity index (χ3v) is 5.43. The average molecular weight is 353 g/mol. The van der Waals surface area contributed by atoms with Gasteiger partial charge >= 0.3 is 5.97 Å². The maximum absolute atomic E-state index is 12.4. The van der Waals surface area contributed by atoms with Crippen molar-refractivity contribution in [2.45, 2.75) is 51.0 Å². The van der Waals surface area contributed by atoms with Gasteiger partial charge < -0.3 is 4.74 Å². The first-order valence-electron chi connectivity index (χ1n) is 7.88. The Kier molecular flexibility index (Phi) is 5.86. The minimum absolute atomic E-state index is 0.0602. The molecule has 0 aliphatic heterocycles. The molecule has 2 rings (SSSR count). The molecule has 0 N–H and O–H groups in total. The molecule has 1 aromatic rings. The topological polar surface area (TPSA) is 26.3 Å². The molecule has 0 saturated heterocycles. The molecule has 4 atom stereocenters. The first-order chi connectivity index (χ1) is 9.99. The van der Waals surface area contributed by atoms with Crippen molar-refractivity contribution in [3.8, 4) is 0 Å². The van der Waals surface area contributed by atoms with Crippen LogP contribution in [-0.4, -0.2) is 12.1 Å². The Bertz CT molecular complexity index is 458. The van der Waals surface area contributed by atoms with E-state index in [0.29, 0.717) is 17.8 Å². The fourth-order valence-electron chi connectivity index (χ4n) is 3.22. The van der Waals surface area contributed by atoms with Gasteiger partial charge in [0.15, 0.2) is 0 Å². The van der Waals surface area contributed by atoms with Crippen LogP contribution in [0.2, 0.25) is 0 Å². The van der Waals surface area contributed by atoms with Gasteiger partial charge in [-0.3, -0.25) is 4.79 Å². The minimum Gasteiger partial charge on any atom is -0.461 e. The van der Waals surface area contributed by atoms with Crippen molar-refractivity contribution in [2.75, 3.05) is 0 Å². The third-order valence-electron chi connectivity index (χ3n) is 4.53. The molecule has 4 unspecified atom stereocenters. The Labute approximate surface area is 136 Å². The third kappa shape index (κ3) is 4.32. The molecule has 0 spiro atoms. The lowest BCUT2D eigenvalue weighted by molar-refractivity contribution is -0.155. The number of alkyl halides is 1. The summed E-state index contributed by atoms with van der Waals surface area (Å²) in [4.78, 5) is 12.0. The molecule has 3 heteroatoms. The van der Waals surface area contributed by atoms with Gasteiger partial charge in [-0.2, -0.15) is 0 Å². The molecule has 2 nitrogen and oxygen atoms in total. The summed E-state index contributed by atoms with van der Waals surface area (Å²) in [5.74, 6) is 1.52. The summed E-state index contributed by atoms with van der Waals surface area (Å²) in [6.45, 7) is 6.70. The molecule has 0 amide bonds. The van der Waals surface area contributed by atoms with Gasteiger partial charge in [0.1, 0.15) is 10.9 Å². The SMILES string of the molecule is CC1CCC(C(C)C)C(OC(=O)C(Br)c2ccccc2)C1. The largest absolute Gasteiger partial charge is 0.461 e. The highest BCUT2D eigenvalue weighted by Crippen LogP contribution is 2.36. The first kappa shape index (κ1) is 16.5. The lowest BCUT2D eigenvalue weighted by atomic mass is 9.75. The predicted octanol–water partition coefficient (Wildman–Crippen LogP) is 5.13. The fourth-order valence-corrected chi connectivity index (χ4v) is 3.63. The van der Waals surface area contributed by atoms with Crippen molar-refractivity contribution in [3.05, 3.63) is 35.9 Å². The van der Waals surface area contributed by atoms with Crippen LogP contribution in [0.25, 0.3) is 0 Å². The quantitative estimate of drug-likeness (QED) is 0.554. The second-order valence-corrected chi connectivity index (χ2v) is 7.49. The van der Waals surface area contributed by atoms with Gasteiger partial charge in [-0.15, -0.1) is 0 Å². The zero-order valence-electron chi connectivity index (χ0n) is 13.1. The maximum atomic E-state index is 12.4. The van der Waals surface area contributed by atoms with Crippen LogP contribution >= 0.6 is 15.9 Å². The molecule has 21 heavy (non-hydrogen) atoms. The Hall–Kier alpha value is -0.830. The van der Waals surface area contributed by atoms with E-state index >= 15 is 0 Å². The van der Waals surface area contributed by atoms with E-state index in [1.165, 1.54) is 6.42 Å². The standard InChI is InChI=1S/C18H25BrO2/c1-12(2)15-10-9-13(3)11-16(15)21-18(20)17(19)14-7-5-4-6-8-14/h4-8,12-13,15-17H,9-11H2,1-3H3. The van der Waals surface area contributed by atoms with Crippen LogP contribution in [0.4, 0.5) is 0 Å². The van der Waals surface area contributed by atoms with E-state index in [9.17, 15) is 4.79 Å². The Morgan fingerprint density at radius 1 is 1.24 bits per heavy atom. The molecular formula is C18H25BrO2. The molecule has 116 valence electrons. The molecule has 1 saturated carbocycles. The molecular weight excluding hydrogens is 328 g/mol. The summed E-state index contributed by atoms with van der Waals surface area (Å²) in [6.07, 6.45) is 3.45. The number of rotatable bonds is 4. The van der Waals surface area contributed by atoms with Gasteiger partial charge in [-0.05, 0) is 36.2 Å². The van der Waals surface area contributed by atoms with Gasteiger partial charge in [-0.1, -0.05) is 73.5 Å². The number of carbonyl (C=O) groups is 1. The zero-order chi connectivity index (χ0) is 15.4. The Balaban J connectivity index is 2.02. The molecule has 0 radical (unpaired) electrons. The van der Waals surface area contributed by atoms with E-state index in [4.69, 9.17) is 4.74 Å². The van der Waals surface area contributed by atoms with E-state index in [2.05, 4.69) is 36.7 Å². The van der Waals surface area contributed by atoms with Gasteiger partial charge in [-0.25, -0.2) is 0 Å². The average Bonchev–Trinajstić information content (AvgIpc) is 2.47. The molecule has 0 heterocycles. The number of hydrogen-bond acceptors (Lipinski definition) is 2. The van der Waals surface area contributed by atoms with Crippen LogP contribution in [0.3, 0.4) is 0 Å². The smallest absolute Gasteiger partial charge is 0.324 e. The van der Waals surface area contributed by atoms with Crippen molar-refractivity contribution in [1.29, 1.82) is 0 Å². The van der Waals surface area contributed by atoms with Crippen molar-refractivity contribution >= 4 is 21.9 Å². The molecule has 0 aromatic heterocycles. The number of carbonyl (C=O) groups excluding carboxylic acids is 1. The summed E-state index contributed by atoms with van der Waals surface area (Å²) >= 11 is 3.48. The second-order valence-electron chi connectivity index (χ2n) is 6.57. The molecule has 1 aromatic carbocycles. The molecule has 0 bridgehead atoms. The van der Waals surface area contributed by atoms with E-state index in [0.717, 1.165) is 18.4 Å². The van der Waals surface area contributed by atoms with Crippen LogP contribution in [0, 0.1) is 17.8 Å². The first-order valence-corrected chi connectivity index (χ1v) is 8.80. The number of ether oxygens (including phenoxy) is 1. The van der Waals surface area contributed by atoms with Gasteiger partial charge in [0, 0.05) is 0 Å². The predicted molar refractivity (Wildman–Crippen MR) is 89.3 cm³/mol. The van der Waals surface area contributed by atoms with E-state index < -0.39 is 0 Å². The van der Waals surface area contributed by atoms with Crippen LogP contribution in [0.1, 0.15) is 50.4 Å². The van der Waals surface area contributed by atoms with Crippen LogP contribution in [0.15, 0.2) is 30.3 Å². The normalized spacial score (nSPS) is 27.4. The van der Waals surface area contributed by atoms with Crippen molar-refractivity contribution in [2.24, 2.45) is 17.8 Å². The summed E-state index contributed by atoms with van der Waals surface area (Å²) in [5.41, 5.74) is 0.951. The zero-order valence-corrected chi connectivity index (χ0v) is 14.7. The monoisotopic (exact) mass is 352 g/mol. The molecule has 1 aliphatic carbocycles. The summed E-state index contributed by atoms with van der Waals surface area (Å²) in [7, 11) is 0. The Morgan fingerprint density at radius 3 is 2.52 bits per heavy atom. The number of benzene rings is 1. The maximum Gasteiger partial charge on any atom is 0.324 e. The minimum atomic E-state index is -0.372. The van der Waals surface area contributed by atoms with Crippen molar-refractivity contribution in [1.82, 2.24) is 0 Å². The lowest BCUT2D eigenvalue weighted by Crippen LogP contribution is -2.36. The van der Waals surface area contributed by atoms with Gasteiger partial charge in [0.05, 0.1) is 0 Å². The van der Waals surface area contributed by atoms with Crippen molar-refractivity contribution < 1.29 is 9.53 Å². The van der Waals surface area contributed by atoms with E-state index in [-0.39, 0.29) is 16.9 Å². The molecule has 1 aliphatic rings. The number of esters is 1. The fraction of sp³-hybridized carbons (Fsp3) is 0.611. The second kappa shape index (κ2) is 7.44. The summed E-state index contributed by atoms with van der Waals surface area (Å²) in [6, 6.07) is 9.73. The lowest BCUT2D eigenvalue weighted by Gasteiger charge is -2.37. The number of hydrogen-bond donors (Lipinski definition) is 0. The van der Waals surface area contributed by atoms with E-state index in [1.54, 1.807) is 0 Å². The van der Waals surface area contributed by atoms with Gasteiger partial charge in [0.25, 0.3) is 0 Å². The number of halogens is 1. The molecule has 1 fully saturated rings. The van der Waals surface area contributed by atoms with Gasteiger partial charge in [0.2, 0.25) is 0 Å². The Morgan fingerprint density at radius 2 is 1.90 bits per heavy atom. The highest BCUT2D eigenvalue weighted by Gasteiger charge is 2.34. The van der Waals surface area contributed by atoms with Crippen molar-refractivity contribution in [3.63, 3.8) is 0 Å². The van der Waals surface area contributed by atoms with Crippen LogP contribution in [0.5, 0.6) is 0 Å². The van der Waals surface area contributed by atoms with Crippen LogP contribution in [-0.2, 0) is 9.53 Å². The highest BCUT2D eigenvalue weighted by atomic mass is 79.9. The summed E-state index contributed by atoms with van der Waals surface area (Å²) in [5, 5.41) is 0. The summed E-state index contributed by atoms with van der Waals surface area (Å²) < 4.78 is 5.87. The van der Waals surface area contributed by atoms with E-state index in [1.807, 2.05) is 30.3 Å².